The van der Waals surface area contributed by atoms with Crippen LogP contribution in [0.1, 0.15) is 27.6 Å². The van der Waals surface area contributed by atoms with Gasteiger partial charge < -0.3 is 14.5 Å². The van der Waals surface area contributed by atoms with E-state index in [1.54, 1.807) is 11.8 Å². The number of nitrogens with zero attached hydrogens (tertiary/aromatic N) is 3. The molecule has 0 spiro atoms. The molecule has 0 bridgehead atoms. The van der Waals surface area contributed by atoms with Gasteiger partial charge in [0.1, 0.15) is 0 Å². The van der Waals surface area contributed by atoms with Crippen molar-refractivity contribution in [3.8, 4) is 0 Å². The molecule has 0 saturated carbocycles. The summed E-state index contributed by atoms with van der Waals surface area (Å²) in [6.45, 7) is 3.79. The standard InChI is InChI=1S/C20H20ClN3O5/c1-2-29-20(26)15-11-14(12-16(13-15)24(27)28)19(25)23-9-7-22(8-10-23)18-6-4-3-5-17(18)21/h3-6,11-13H,2,7-10H2,1H3. The van der Waals surface area contributed by atoms with Gasteiger partial charge >= 0.3 is 5.97 Å². The molecule has 2 aromatic carbocycles. The van der Waals surface area contributed by atoms with Gasteiger partial charge in [0.2, 0.25) is 0 Å². The molecule has 0 aromatic heterocycles. The number of esters is 1. The number of benzene rings is 2. The van der Waals surface area contributed by atoms with E-state index in [1.807, 2.05) is 24.3 Å². The number of hydrogen-bond donors (Lipinski definition) is 0. The van der Waals surface area contributed by atoms with Crippen LogP contribution in [0.5, 0.6) is 0 Å². The summed E-state index contributed by atoms with van der Waals surface area (Å²) in [5.74, 6) is -1.06. The zero-order chi connectivity index (χ0) is 21.0. The van der Waals surface area contributed by atoms with Crippen LogP contribution < -0.4 is 4.90 Å². The second-order valence-corrected chi connectivity index (χ2v) is 6.88. The van der Waals surface area contributed by atoms with E-state index in [9.17, 15) is 19.7 Å². The third-order valence-electron chi connectivity index (χ3n) is 4.65. The van der Waals surface area contributed by atoms with Gasteiger partial charge in [-0.2, -0.15) is 0 Å². The fourth-order valence-electron chi connectivity index (χ4n) is 3.21. The van der Waals surface area contributed by atoms with Crippen LogP contribution in [0.15, 0.2) is 42.5 Å². The molecule has 2 aromatic rings. The first-order valence-electron chi connectivity index (χ1n) is 9.16. The fourth-order valence-corrected chi connectivity index (χ4v) is 3.47. The molecule has 152 valence electrons. The Bertz CT molecular complexity index is 941. The highest BCUT2D eigenvalue weighted by molar-refractivity contribution is 6.33. The van der Waals surface area contributed by atoms with Gasteiger partial charge in [0.15, 0.2) is 0 Å². The summed E-state index contributed by atoms with van der Waals surface area (Å²) < 4.78 is 4.91. The average molecular weight is 418 g/mol. The minimum absolute atomic E-state index is 0.0147. The van der Waals surface area contributed by atoms with E-state index >= 15 is 0 Å². The highest BCUT2D eigenvalue weighted by Gasteiger charge is 2.26. The predicted octanol–water partition coefficient (Wildman–Crippen LogP) is 3.39. The lowest BCUT2D eigenvalue weighted by molar-refractivity contribution is -0.384. The second kappa shape index (κ2) is 8.91. The van der Waals surface area contributed by atoms with Crippen LogP contribution in [0.2, 0.25) is 5.02 Å². The van der Waals surface area contributed by atoms with Gasteiger partial charge in [0.25, 0.3) is 11.6 Å². The summed E-state index contributed by atoms with van der Waals surface area (Å²) in [4.78, 5) is 39.2. The summed E-state index contributed by atoms with van der Waals surface area (Å²) in [7, 11) is 0. The molecular formula is C20H20ClN3O5. The van der Waals surface area contributed by atoms with Gasteiger partial charge in [-0.3, -0.25) is 14.9 Å². The second-order valence-electron chi connectivity index (χ2n) is 6.48. The number of halogens is 1. The van der Waals surface area contributed by atoms with E-state index in [2.05, 4.69) is 4.90 Å². The molecule has 0 atom stereocenters. The van der Waals surface area contributed by atoms with Crippen molar-refractivity contribution in [1.29, 1.82) is 0 Å². The van der Waals surface area contributed by atoms with Gasteiger partial charge in [-0.25, -0.2) is 4.79 Å². The number of nitro groups is 1. The van der Waals surface area contributed by atoms with Crippen LogP contribution in [0, 0.1) is 10.1 Å². The van der Waals surface area contributed by atoms with E-state index < -0.39 is 10.9 Å². The number of amides is 1. The zero-order valence-electron chi connectivity index (χ0n) is 15.8. The molecule has 1 fully saturated rings. The maximum Gasteiger partial charge on any atom is 0.338 e. The van der Waals surface area contributed by atoms with E-state index in [-0.39, 0.29) is 29.3 Å². The maximum atomic E-state index is 12.9. The Morgan fingerprint density at radius 1 is 1.10 bits per heavy atom. The van der Waals surface area contributed by atoms with Gasteiger partial charge in [-0.15, -0.1) is 0 Å². The topological polar surface area (TPSA) is 93.0 Å². The molecule has 0 N–H and O–H groups in total. The van der Waals surface area contributed by atoms with Crippen molar-refractivity contribution in [1.82, 2.24) is 4.90 Å². The number of carbonyl (C=O) groups excluding carboxylic acids is 2. The number of piperazine rings is 1. The Kier molecular flexibility index (Phi) is 6.33. The number of carbonyl (C=O) groups is 2. The molecule has 3 rings (SSSR count). The maximum absolute atomic E-state index is 12.9. The number of ether oxygens (including phenoxy) is 1. The number of hydrogen-bond acceptors (Lipinski definition) is 6. The van der Waals surface area contributed by atoms with Crippen LogP contribution in [-0.2, 0) is 4.74 Å². The van der Waals surface area contributed by atoms with Crippen molar-refractivity contribution in [3.05, 3.63) is 68.7 Å². The van der Waals surface area contributed by atoms with Crippen molar-refractivity contribution < 1.29 is 19.2 Å². The number of non-ortho nitro benzene ring substituents is 1. The smallest absolute Gasteiger partial charge is 0.338 e. The van der Waals surface area contributed by atoms with Crippen molar-refractivity contribution in [2.75, 3.05) is 37.7 Å². The molecule has 8 nitrogen and oxygen atoms in total. The highest BCUT2D eigenvalue weighted by atomic mass is 35.5. The van der Waals surface area contributed by atoms with Gasteiger partial charge in [0, 0.05) is 43.9 Å². The van der Waals surface area contributed by atoms with Crippen molar-refractivity contribution in [2.24, 2.45) is 0 Å². The van der Waals surface area contributed by atoms with Crippen molar-refractivity contribution in [2.45, 2.75) is 6.92 Å². The SMILES string of the molecule is CCOC(=O)c1cc(C(=O)N2CCN(c3ccccc3Cl)CC2)cc([N+](=O)[O-])c1. The lowest BCUT2D eigenvalue weighted by Crippen LogP contribution is -2.48. The highest BCUT2D eigenvalue weighted by Crippen LogP contribution is 2.26. The van der Waals surface area contributed by atoms with Gasteiger partial charge in [0.05, 0.1) is 27.8 Å². The molecule has 1 amide bonds. The Balaban J connectivity index is 1.77. The molecule has 1 aliphatic heterocycles. The lowest BCUT2D eigenvalue weighted by Gasteiger charge is -2.36. The molecule has 0 unspecified atom stereocenters. The van der Waals surface area contributed by atoms with Gasteiger partial charge in [-0.1, -0.05) is 23.7 Å². The minimum Gasteiger partial charge on any atom is -0.462 e. The fraction of sp³-hybridized carbons (Fsp3) is 0.300. The minimum atomic E-state index is -0.700. The summed E-state index contributed by atoms with van der Waals surface area (Å²) in [5, 5.41) is 11.9. The Morgan fingerprint density at radius 3 is 2.38 bits per heavy atom. The molecule has 1 saturated heterocycles. The molecular weight excluding hydrogens is 398 g/mol. The summed E-state index contributed by atoms with van der Waals surface area (Å²) in [6, 6.07) is 11.1. The van der Waals surface area contributed by atoms with Crippen LogP contribution in [0.3, 0.4) is 0 Å². The Morgan fingerprint density at radius 2 is 1.76 bits per heavy atom. The zero-order valence-corrected chi connectivity index (χ0v) is 16.6. The average Bonchev–Trinajstić information content (AvgIpc) is 2.73. The number of nitro benzene ring substituents is 1. The third-order valence-corrected chi connectivity index (χ3v) is 4.97. The Hall–Kier alpha value is -3.13. The van der Waals surface area contributed by atoms with Crippen LogP contribution in [0.4, 0.5) is 11.4 Å². The molecule has 9 heteroatoms. The molecule has 29 heavy (non-hydrogen) atoms. The Labute approximate surface area is 172 Å². The summed E-state index contributed by atoms with van der Waals surface area (Å²) in [6.07, 6.45) is 0. The largest absolute Gasteiger partial charge is 0.462 e. The monoisotopic (exact) mass is 417 g/mol. The molecule has 0 aliphatic carbocycles. The number of para-hydroxylation sites is 1. The molecule has 1 heterocycles. The number of anilines is 1. The summed E-state index contributed by atoms with van der Waals surface area (Å²) >= 11 is 6.24. The first-order chi connectivity index (χ1) is 13.9. The van der Waals surface area contributed by atoms with Crippen molar-refractivity contribution >= 4 is 34.9 Å². The van der Waals surface area contributed by atoms with Crippen LogP contribution >= 0.6 is 11.6 Å². The number of rotatable bonds is 5. The van der Waals surface area contributed by atoms with E-state index in [1.165, 1.54) is 12.1 Å². The first-order valence-corrected chi connectivity index (χ1v) is 9.54. The van der Waals surface area contributed by atoms with E-state index in [0.717, 1.165) is 11.8 Å². The third kappa shape index (κ3) is 4.65. The van der Waals surface area contributed by atoms with Crippen LogP contribution in [0.25, 0.3) is 0 Å². The predicted molar refractivity (Wildman–Crippen MR) is 109 cm³/mol. The van der Waals surface area contributed by atoms with Crippen LogP contribution in [-0.4, -0.2) is 54.5 Å². The first kappa shape index (κ1) is 20.6. The van der Waals surface area contributed by atoms with Crippen molar-refractivity contribution in [3.63, 3.8) is 0 Å². The summed E-state index contributed by atoms with van der Waals surface area (Å²) in [5.41, 5.74) is 0.655. The lowest BCUT2D eigenvalue weighted by atomic mass is 10.1. The normalized spacial score (nSPS) is 13.9. The van der Waals surface area contributed by atoms with E-state index in [0.29, 0.717) is 31.2 Å². The van der Waals surface area contributed by atoms with Gasteiger partial charge in [-0.05, 0) is 25.1 Å². The van der Waals surface area contributed by atoms with E-state index in [4.69, 9.17) is 16.3 Å². The molecule has 0 radical (unpaired) electrons. The molecule has 1 aliphatic rings. The quantitative estimate of drug-likeness (QED) is 0.420.